The van der Waals surface area contributed by atoms with E-state index in [4.69, 9.17) is 9.47 Å². The molecule has 2 aromatic carbocycles. The van der Waals surface area contributed by atoms with Crippen LogP contribution in [0.15, 0.2) is 60.7 Å². The molecule has 29 heavy (non-hydrogen) atoms. The molecule has 2 amide bonds. The topological polar surface area (TPSA) is 67.9 Å². The van der Waals surface area contributed by atoms with Gasteiger partial charge in [0.15, 0.2) is 6.29 Å². The minimum absolute atomic E-state index is 0.0943. The van der Waals surface area contributed by atoms with Crippen molar-refractivity contribution in [3.63, 3.8) is 0 Å². The van der Waals surface area contributed by atoms with Crippen molar-refractivity contribution in [2.75, 3.05) is 26.3 Å². The summed E-state index contributed by atoms with van der Waals surface area (Å²) in [4.78, 5) is 28.1. The van der Waals surface area contributed by atoms with E-state index in [1.807, 2.05) is 53.4 Å². The Bertz CT molecular complexity index is 821. The molecule has 2 aliphatic rings. The van der Waals surface area contributed by atoms with Crippen LogP contribution in [0.3, 0.4) is 0 Å². The number of benzene rings is 2. The van der Waals surface area contributed by atoms with Gasteiger partial charge in [-0.2, -0.15) is 0 Å². The number of hydrogen-bond donors (Lipinski definition) is 1. The van der Waals surface area contributed by atoms with E-state index in [1.54, 1.807) is 12.1 Å². The quantitative estimate of drug-likeness (QED) is 0.847. The Morgan fingerprint density at radius 2 is 1.62 bits per heavy atom. The van der Waals surface area contributed by atoms with E-state index in [9.17, 15) is 9.59 Å². The third kappa shape index (κ3) is 4.66. The van der Waals surface area contributed by atoms with Crippen molar-refractivity contribution in [2.24, 2.45) is 5.92 Å². The number of piperidine rings is 1. The number of nitrogens with zero attached hydrogens (tertiary/aromatic N) is 1. The molecule has 0 aromatic heterocycles. The number of rotatable bonds is 5. The lowest BCUT2D eigenvalue weighted by molar-refractivity contribution is -0.141. The second kappa shape index (κ2) is 9.20. The van der Waals surface area contributed by atoms with Crippen LogP contribution in [0.25, 0.3) is 0 Å². The SMILES string of the molecule is O=C(NC(C(=O)N1CCCC(C2OCCO2)C1)c1ccccc1)c1ccccc1. The van der Waals surface area contributed by atoms with Crippen molar-refractivity contribution in [3.05, 3.63) is 71.8 Å². The molecule has 0 saturated carbocycles. The highest BCUT2D eigenvalue weighted by Crippen LogP contribution is 2.27. The van der Waals surface area contributed by atoms with Crippen LogP contribution in [0.1, 0.15) is 34.8 Å². The third-order valence-corrected chi connectivity index (χ3v) is 5.49. The zero-order valence-electron chi connectivity index (χ0n) is 16.3. The van der Waals surface area contributed by atoms with Crippen LogP contribution in [0.5, 0.6) is 0 Å². The van der Waals surface area contributed by atoms with Gasteiger partial charge in [0.1, 0.15) is 6.04 Å². The molecule has 2 unspecified atom stereocenters. The Balaban J connectivity index is 1.52. The third-order valence-electron chi connectivity index (χ3n) is 5.49. The Morgan fingerprint density at radius 1 is 0.966 bits per heavy atom. The summed E-state index contributed by atoms with van der Waals surface area (Å²) in [6.45, 7) is 2.46. The van der Waals surface area contributed by atoms with Crippen molar-refractivity contribution in [1.29, 1.82) is 0 Å². The van der Waals surface area contributed by atoms with Gasteiger partial charge in [0.05, 0.1) is 13.2 Å². The monoisotopic (exact) mass is 394 g/mol. The standard InChI is InChI=1S/C23H26N2O4/c26-21(18-10-5-2-6-11-18)24-20(17-8-3-1-4-9-17)22(27)25-13-7-12-19(16-25)23-28-14-15-29-23/h1-6,8-11,19-20,23H,7,12-16H2,(H,24,26). The number of ether oxygens (including phenoxy) is 2. The number of carbonyl (C=O) groups is 2. The van der Waals surface area contributed by atoms with Crippen LogP contribution in [-0.4, -0.2) is 49.3 Å². The zero-order chi connectivity index (χ0) is 20.1. The summed E-state index contributed by atoms with van der Waals surface area (Å²) >= 11 is 0. The van der Waals surface area contributed by atoms with Gasteiger partial charge in [-0.05, 0) is 30.5 Å². The lowest BCUT2D eigenvalue weighted by Gasteiger charge is -2.36. The van der Waals surface area contributed by atoms with Crippen molar-refractivity contribution < 1.29 is 19.1 Å². The summed E-state index contributed by atoms with van der Waals surface area (Å²) in [5.41, 5.74) is 1.31. The van der Waals surface area contributed by atoms with Crippen LogP contribution >= 0.6 is 0 Å². The molecule has 4 rings (SSSR count). The van der Waals surface area contributed by atoms with Crippen LogP contribution < -0.4 is 5.32 Å². The molecule has 0 spiro atoms. The number of hydrogen-bond acceptors (Lipinski definition) is 4. The van der Waals surface area contributed by atoms with Gasteiger partial charge in [0, 0.05) is 24.6 Å². The molecule has 2 aromatic rings. The van der Waals surface area contributed by atoms with Crippen LogP contribution in [0.4, 0.5) is 0 Å². The number of nitrogens with one attached hydrogen (secondary N) is 1. The smallest absolute Gasteiger partial charge is 0.252 e. The van der Waals surface area contributed by atoms with Gasteiger partial charge in [0.25, 0.3) is 5.91 Å². The van der Waals surface area contributed by atoms with Crippen LogP contribution in [0.2, 0.25) is 0 Å². The molecule has 6 nitrogen and oxygen atoms in total. The molecule has 2 heterocycles. The lowest BCUT2D eigenvalue weighted by Crippen LogP contribution is -2.48. The molecule has 2 atom stereocenters. The number of carbonyl (C=O) groups excluding carboxylic acids is 2. The Labute approximate surface area is 170 Å². The average Bonchev–Trinajstić information content (AvgIpc) is 3.33. The normalized spacial score (nSPS) is 21.0. The van der Waals surface area contributed by atoms with Crippen molar-refractivity contribution in [1.82, 2.24) is 10.2 Å². The van der Waals surface area contributed by atoms with Gasteiger partial charge >= 0.3 is 0 Å². The molecule has 0 radical (unpaired) electrons. The maximum Gasteiger partial charge on any atom is 0.252 e. The minimum Gasteiger partial charge on any atom is -0.350 e. The van der Waals surface area contributed by atoms with Crippen LogP contribution in [0, 0.1) is 5.92 Å². The predicted octanol–water partition coefficient (Wildman–Crippen LogP) is 2.77. The summed E-state index contributed by atoms with van der Waals surface area (Å²) in [5, 5.41) is 2.94. The Morgan fingerprint density at radius 3 is 2.31 bits per heavy atom. The summed E-state index contributed by atoms with van der Waals surface area (Å²) < 4.78 is 11.3. The molecule has 152 valence electrons. The molecule has 6 heteroatoms. The molecule has 0 bridgehead atoms. The van der Waals surface area contributed by atoms with E-state index in [1.165, 1.54) is 0 Å². The van der Waals surface area contributed by atoms with Crippen molar-refractivity contribution in [3.8, 4) is 0 Å². The Hall–Kier alpha value is -2.70. The van der Waals surface area contributed by atoms with Crippen molar-refractivity contribution in [2.45, 2.75) is 25.2 Å². The Kier molecular flexibility index (Phi) is 6.22. The largest absolute Gasteiger partial charge is 0.350 e. The molecule has 1 N–H and O–H groups in total. The van der Waals surface area contributed by atoms with Crippen LogP contribution in [-0.2, 0) is 14.3 Å². The molecule has 2 aliphatic heterocycles. The van der Waals surface area contributed by atoms with E-state index in [0.29, 0.717) is 31.9 Å². The maximum atomic E-state index is 13.5. The first-order valence-electron chi connectivity index (χ1n) is 10.2. The molecular weight excluding hydrogens is 368 g/mol. The van der Waals surface area contributed by atoms with E-state index < -0.39 is 6.04 Å². The van der Waals surface area contributed by atoms with Crippen molar-refractivity contribution >= 4 is 11.8 Å². The van der Waals surface area contributed by atoms with E-state index in [2.05, 4.69) is 5.32 Å². The first-order valence-corrected chi connectivity index (χ1v) is 10.2. The first-order chi connectivity index (χ1) is 14.2. The second-order valence-corrected chi connectivity index (χ2v) is 7.48. The molecule has 2 saturated heterocycles. The molecule has 2 fully saturated rings. The van der Waals surface area contributed by atoms with E-state index in [0.717, 1.165) is 18.4 Å². The fourth-order valence-corrected chi connectivity index (χ4v) is 4.00. The summed E-state index contributed by atoms with van der Waals surface area (Å²) in [5.74, 6) is -0.191. The molecule has 0 aliphatic carbocycles. The predicted molar refractivity (Wildman–Crippen MR) is 108 cm³/mol. The highest BCUT2D eigenvalue weighted by atomic mass is 16.7. The van der Waals surface area contributed by atoms with Gasteiger partial charge in [-0.15, -0.1) is 0 Å². The fourth-order valence-electron chi connectivity index (χ4n) is 4.00. The van der Waals surface area contributed by atoms with Gasteiger partial charge < -0.3 is 19.7 Å². The fraction of sp³-hybridized carbons (Fsp3) is 0.391. The van der Waals surface area contributed by atoms with Gasteiger partial charge in [-0.1, -0.05) is 48.5 Å². The second-order valence-electron chi connectivity index (χ2n) is 7.48. The minimum atomic E-state index is -0.729. The number of likely N-dealkylation sites (tertiary alicyclic amines) is 1. The molecular formula is C23H26N2O4. The summed E-state index contributed by atoms with van der Waals surface area (Å²) in [6.07, 6.45) is 1.63. The van der Waals surface area contributed by atoms with E-state index in [-0.39, 0.29) is 24.0 Å². The first kappa shape index (κ1) is 19.6. The maximum absolute atomic E-state index is 13.5. The zero-order valence-corrected chi connectivity index (χ0v) is 16.3. The van der Waals surface area contributed by atoms with Gasteiger partial charge in [0.2, 0.25) is 5.91 Å². The van der Waals surface area contributed by atoms with Gasteiger partial charge in [-0.3, -0.25) is 9.59 Å². The summed E-state index contributed by atoms with van der Waals surface area (Å²) in [6, 6.07) is 17.6. The van der Waals surface area contributed by atoms with E-state index >= 15 is 0 Å². The van der Waals surface area contributed by atoms with Gasteiger partial charge in [-0.25, -0.2) is 0 Å². The highest BCUT2D eigenvalue weighted by molar-refractivity contribution is 5.97. The average molecular weight is 394 g/mol. The summed E-state index contributed by atoms with van der Waals surface area (Å²) in [7, 11) is 0. The highest BCUT2D eigenvalue weighted by Gasteiger charge is 2.35. The lowest BCUT2D eigenvalue weighted by atomic mass is 9.95. The number of amides is 2.